The number of halogens is 4. The number of carbonyl (C=O) groups is 1. The molecule has 174 valence electrons. The molecule has 33 heavy (non-hydrogen) atoms. The van der Waals surface area contributed by atoms with Crippen molar-refractivity contribution in [3.8, 4) is 5.75 Å². The van der Waals surface area contributed by atoms with E-state index in [1.165, 1.54) is 24.3 Å². The summed E-state index contributed by atoms with van der Waals surface area (Å²) in [5.41, 5.74) is 0.227. The van der Waals surface area contributed by atoms with Crippen LogP contribution in [0, 0.1) is 5.82 Å². The zero-order valence-electron chi connectivity index (χ0n) is 17.8. The summed E-state index contributed by atoms with van der Waals surface area (Å²) in [6.45, 7) is 0.319. The maximum atomic E-state index is 14.8. The van der Waals surface area contributed by atoms with Gasteiger partial charge in [0.25, 0.3) is 5.92 Å². The number of carboxylic acids is 1. The van der Waals surface area contributed by atoms with Crippen LogP contribution in [0.2, 0.25) is 5.02 Å². The number of nitrogens with zero attached hydrogens (tertiary/aromatic N) is 1. The molecule has 0 spiro atoms. The van der Waals surface area contributed by atoms with Crippen molar-refractivity contribution in [1.82, 2.24) is 4.90 Å². The highest BCUT2D eigenvalue weighted by molar-refractivity contribution is 6.30. The largest absolute Gasteiger partial charge is 0.486 e. The maximum absolute atomic E-state index is 14.8. The first kappa shape index (κ1) is 24.6. The Labute approximate surface area is 195 Å². The van der Waals surface area contributed by atoms with Crippen molar-refractivity contribution in [2.24, 2.45) is 0 Å². The van der Waals surface area contributed by atoms with Gasteiger partial charge in [-0.15, -0.1) is 0 Å². The quantitative estimate of drug-likeness (QED) is 0.381. The van der Waals surface area contributed by atoms with Gasteiger partial charge in [-0.1, -0.05) is 23.7 Å². The van der Waals surface area contributed by atoms with Crippen molar-refractivity contribution in [3.63, 3.8) is 0 Å². The topological polar surface area (TPSA) is 49.8 Å². The van der Waals surface area contributed by atoms with Crippen LogP contribution in [0.3, 0.4) is 0 Å². The van der Waals surface area contributed by atoms with E-state index in [0.29, 0.717) is 23.7 Å². The minimum Gasteiger partial charge on any atom is -0.486 e. The molecule has 3 aromatic rings. The van der Waals surface area contributed by atoms with Crippen LogP contribution in [0.15, 0.2) is 72.8 Å². The molecule has 0 saturated carbocycles. The monoisotopic (exact) mass is 477 g/mol. The Morgan fingerprint density at radius 3 is 2.24 bits per heavy atom. The van der Waals surface area contributed by atoms with Gasteiger partial charge in [-0.2, -0.15) is 8.78 Å². The van der Waals surface area contributed by atoms with E-state index < -0.39 is 23.8 Å². The molecule has 0 aromatic heterocycles. The Hall–Kier alpha value is -3.03. The van der Waals surface area contributed by atoms with Crippen molar-refractivity contribution < 1.29 is 27.8 Å². The summed E-state index contributed by atoms with van der Waals surface area (Å²) in [4.78, 5) is 12.6. The molecular weight excluding hydrogens is 455 g/mol. The molecule has 1 atom stereocenters. The number of hydrogen-bond donors (Lipinski definition) is 1. The first-order valence-electron chi connectivity index (χ1n) is 10.2. The summed E-state index contributed by atoms with van der Waals surface area (Å²) in [7, 11) is 1.69. The molecule has 0 saturated heterocycles. The lowest BCUT2D eigenvalue weighted by Crippen LogP contribution is -2.28. The van der Waals surface area contributed by atoms with E-state index in [1.54, 1.807) is 30.1 Å². The number of rotatable bonds is 10. The van der Waals surface area contributed by atoms with Gasteiger partial charge in [0.05, 0.1) is 6.54 Å². The summed E-state index contributed by atoms with van der Waals surface area (Å²) in [5, 5.41) is 9.48. The second-order valence-corrected chi connectivity index (χ2v) is 8.12. The molecule has 0 aliphatic rings. The molecule has 0 aliphatic carbocycles. The minimum absolute atomic E-state index is 0.116. The minimum atomic E-state index is -3.29. The molecule has 3 rings (SSSR count). The van der Waals surface area contributed by atoms with Gasteiger partial charge in [0.1, 0.15) is 17.7 Å². The molecule has 0 heterocycles. The first-order chi connectivity index (χ1) is 15.6. The van der Waals surface area contributed by atoms with E-state index in [0.717, 1.165) is 29.8 Å². The lowest BCUT2D eigenvalue weighted by atomic mass is 10.0. The van der Waals surface area contributed by atoms with Crippen LogP contribution in [-0.2, 0) is 10.7 Å². The Bertz CT molecular complexity index is 1080. The van der Waals surface area contributed by atoms with E-state index in [1.807, 2.05) is 6.07 Å². The Kier molecular flexibility index (Phi) is 8.00. The third-order valence-corrected chi connectivity index (χ3v) is 5.34. The fraction of sp³-hybridized carbons (Fsp3) is 0.240. The van der Waals surface area contributed by atoms with Crippen molar-refractivity contribution in [1.29, 1.82) is 0 Å². The van der Waals surface area contributed by atoms with Gasteiger partial charge in [-0.05, 0) is 73.3 Å². The van der Waals surface area contributed by atoms with Crippen LogP contribution >= 0.6 is 11.6 Å². The van der Waals surface area contributed by atoms with Crippen LogP contribution in [-0.4, -0.2) is 36.1 Å². The number of likely N-dealkylation sites (N-methyl/N-ethyl adjacent to an activating group) is 1. The van der Waals surface area contributed by atoms with E-state index in [4.69, 9.17) is 21.4 Å². The average molecular weight is 478 g/mol. The van der Waals surface area contributed by atoms with Gasteiger partial charge in [0.2, 0.25) is 0 Å². The molecular formula is C25H23ClF3NO3. The molecule has 0 radical (unpaired) electrons. The van der Waals surface area contributed by atoms with Gasteiger partial charge in [-0.3, -0.25) is 9.69 Å². The maximum Gasteiger partial charge on any atom is 0.317 e. The van der Waals surface area contributed by atoms with Gasteiger partial charge >= 0.3 is 5.97 Å². The Morgan fingerprint density at radius 2 is 1.67 bits per heavy atom. The molecule has 4 nitrogen and oxygen atoms in total. The van der Waals surface area contributed by atoms with Crippen LogP contribution in [0.5, 0.6) is 5.75 Å². The summed E-state index contributed by atoms with van der Waals surface area (Å²) >= 11 is 6.11. The van der Waals surface area contributed by atoms with Crippen LogP contribution in [0.25, 0.3) is 0 Å². The predicted molar refractivity (Wildman–Crippen MR) is 120 cm³/mol. The number of hydrogen-bond acceptors (Lipinski definition) is 3. The highest BCUT2D eigenvalue weighted by Crippen LogP contribution is 2.37. The zero-order valence-corrected chi connectivity index (χ0v) is 18.6. The Balaban J connectivity index is 1.77. The van der Waals surface area contributed by atoms with Crippen molar-refractivity contribution in [2.75, 3.05) is 20.1 Å². The van der Waals surface area contributed by atoms with Crippen molar-refractivity contribution in [3.05, 3.63) is 100 Å². The van der Waals surface area contributed by atoms with Gasteiger partial charge in [-0.25, -0.2) is 4.39 Å². The first-order valence-corrected chi connectivity index (χ1v) is 10.6. The summed E-state index contributed by atoms with van der Waals surface area (Å²) in [6, 6.07) is 16.6. The summed E-state index contributed by atoms with van der Waals surface area (Å²) < 4.78 is 48.8. The standard InChI is InChI=1S/C25H23ClF3NO3/c1-30(16-24(31)32)14-13-23(17-3-2-4-20(26)15-17)33-22-11-7-19(8-12-22)25(28,29)18-5-9-21(27)10-6-18/h2-12,15,23H,13-14,16H2,1H3,(H,31,32). The van der Waals surface area contributed by atoms with E-state index in [-0.39, 0.29) is 17.7 Å². The van der Waals surface area contributed by atoms with Crippen LogP contribution in [0.1, 0.15) is 29.2 Å². The van der Waals surface area contributed by atoms with Gasteiger partial charge in [0, 0.05) is 29.1 Å². The molecule has 1 N–H and O–H groups in total. The third kappa shape index (κ3) is 6.73. The zero-order chi connectivity index (χ0) is 24.0. The fourth-order valence-electron chi connectivity index (χ4n) is 3.38. The molecule has 0 bridgehead atoms. The molecule has 8 heteroatoms. The lowest BCUT2D eigenvalue weighted by Gasteiger charge is -2.23. The van der Waals surface area contributed by atoms with Crippen LogP contribution in [0.4, 0.5) is 13.2 Å². The molecule has 0 fully saturated rings. The van der Waals surface area contributed by atoms with E-state index >= 15 is 0 Å². The van der Waals surface area contributed by atoms with Crippen LogP contribution < -0.4 is 4.74 Å². The predicted octanol–water partition coefficient (Wildman–Crippen LogP) is 6.15. The smallest absolute Gasteiger partial charge is 0.317 e. The molecule has 3 aromatic carbocycles. The van der Waals surface area contributed by atoms with Gasteiger partial charge in [0.15, 0.2) is 0 Å². The molecule has 0 amide bonds. The Morgan fingerprint density at radius 1 is 1.06 bits per heavy atom. The van der Waals surface area contributed by atoms with E-state index in [2.05, 4.69) is 0 Å². The average Bonchev–Trinajstić information content (AvgIpc) is 2.77. The number of carboxylic acid groups (broad SMARTS) is 1. The number of aliphatic carboxylic acids is 1. The number of ether oxygens (including phenoxy) is 1. The fourth-order valence-corrected chi connectivity index (χ4v) is 3.58. The number of alkyl halides is 2. The third-order valence-electron chi connectivity index (χ3n) is 5.10. The van der Waals surface area contributed by atoms with Crippen molar-refractivity contribution >= 4 is 17.6 Å². The summed E-state index contributed by atoms with van der Waals surface area (Å²) in [6.07, 6.45) is -0.0131. The van der Waals surface area contributed by atoms with E-state index in [9.17, 15) is 18.0 Å². The molecule has 0 aliphatic heterocycles. The second-order valence-electron chi connectivity index (χ2n) is 7.69. The summed E-state index contributed by atoms with van der Waals surface area (Å²) in [5.74, 6) is -4.44. The molecule has 1 unspecified atom stereocenters. The van der Waals surface area contributed by atoms with Gasteiger partial charge < -0.3 is 9.84 Å². The highest BCUT2D eigenvalue weighted by atomic mass is 35.5. The van der Waals surface area contributed by atoms with Crippen molar-refractivity contribution in [2.45, 2.75) is 18.4 Å². The number of benzene rings is 3. The lowest BCUT2D eigenvalue weighted by molar-refractivity contribution is -0.138. The normalized spacial score (nSPS) is 12.5. The second kappa shape index (κ2) is 10.7. The SMILES string of the molecule is CN(CCC(Oc1ccc(C(F)(F)c2ccc(F)cc2)cc1)c1cccc(Cl)c1)CC(=O)O. The highest BCUT2D eigenvalue weighted by Gasteiger charge is 2.34.